The topological polar surface area (TPSA) is 23.6 Å². The molecular weight excluding hydrogens is 188 g/mol. The number of nitrogens with zero attached hydrogens (tertiary/aromatic N) is 2. The maximum absolute atomic E-state index is 12.0. The van der Waals surface area contributed by atoms with Crippen molar-refractivity contribution in [3.63, 3.8) is 0 Å². The van der Waals surface area contributed by atoms with Crippen molar-refractivity contribution in [2.45, 2.75) is 26.7 Å². The second-order valence-electron chi connectivity index (χ2n) is 5.19. The average molecular weight is 212 g/mol. The summed E-state index contributed by atoms with van der Waals surface area (Å²) in [6.07, 6.45) is 2.05. The number of carbonyl (C=O) groups is 1. The van der Waals surface area contributed by atoms with Crippen LogP contribution in [-0.4, -0.2) is 49.4 Å². The Kier molecular flexibility index (Phi) is 4.58. The molecule has 1 heterocycles. The number of hydrogen-bond acceptors (Lipinski definition) is 2. The van der Waals surface area contributed by atoms with Crippen molar-refractivity contribution in [2.24, 2.45) is 11.8 Å². The van der Waals surface area contributed by atoms with Crippen LogP contribution >= 0.6 is 0 Å². The number of carbonyl (C=O) groups excluding carboxylic acids is 1. The second-order valence-corrected chi connectivity index (χ2v) is 5.19. The molecule has 1 amide bonds. The maximum Gasteiger partial charge on any atom is 0.225 e. The number of hydrogen-bond donors (Lipinski definition) is 0. The molecule has 15 heavy (non-hydrogen) atoms. The van der Waals surface area contributed by atoms with Crippen molar-refractivity contribution in [1.82, 2.24) is 9.80 Å². The highest BCUT2D eigenvalue weighted by atomic mass is 16.2. The minimum Gasteiger partial charge on any atom is -0.345 e. The number of likely N-dealkylation sites (tertiary alicyclic amines) is 1. The summed E-state index contributed by atoms with van der Waals surface area (Å²) >= 11 is 0. The third-order valence-corrected chi connectivity index (χ3v) is 3.08. The highest BCUT2D eigenvalue weighted by Crippen LogP contribution is 2.18. The zero-order chi connectivity index (χ0) is 11.4. The Labute approximate surface area is 93.4 Å². The van der Waals surface area contributed by atoms with Crippen molar-refractivity contribution in [1.29, 1.82) is 0 Å². The fourth-order valence-electron chi connectivity index (χ4n) is 2.20. The van der Waals surface area contributed by atoms with Crippen LogP contribution in [0.1, 0.15) is 26.7 Å². The third-order valence-electron chi connectivity index (χ3n) is 3.08. The smallest absolute Gasteiger partial charge is 0.225 e. The molecule has 0 atom stereocenters. The summed E-state index contributed by atoms with van der Waals surface area (Å²) < 4.78 is 0. The lowest BCUT2D eigenvalue weighted by Crippen LogP contribution is -2.41. The van der Waals surface area contributed by atoms with Gasteiger partial charge in [0.05, 0.1) is 0 Å². The SMILES string of the molecule is CC(C)CN(C)C(=O)C1CCN(C)CC1. The van der Waals surface area contributed by atoms with Gasteiger partial charge in [-0.2, -0.15) is 0 Å². The standard InChI is InChI=1S/C12H24N2O/c1-10(2)9-14(4)12(15)11-5-7-13(3)8-6-11/h10-11H,5-9H2,1-4H3. The van der Waals surface area contributed by atoms with Crippen LogP contribution in [0.4, 0.5) is 0 Å². The predicted molar refractivity (Wildman–Crippen MR) is 62.7 cm³/mol. The zero-order valence-corrected chi connectivity index (χ0v) is 10.5. The van der Waals surface area contributed by atoms with Crippen molar-refractivity contribution in [2.75, 3.05) is 33.7 Å². The van der Waals surface area contributed by atoms with E-state index in [0.29, 0.717) is 11.8 Å². The fourth-order valence-corrected chi connectivity index (χ4v) is 2.20. The molecule has 1 saturated heterocycles. The van der Waals surface area contributed by atoms with Crippen LogP contribution in [0.15, 0.2) is 0 Å². The Hall–Kier alpha value is -0.570. The molecule has 0 aromatic heterocycles. The molecule has 3 nitrogen and oxygen atoms in total. The van der Waals surface area contributed by atoms with Crippen LogP contribution < -0.4 is 0 Å². The number of amides is 1. The van der Waals surface area contributed by atoms with Crippen LogP contribution in [0, 0.1) is 11.8 Å². The highest BCUT2D eigenvalue weighted by Gasteiger charge is 2.25. The summed E-state index contributed by atoms with van der Waals surface area (Å²) in [4.78, 5) is 16.2. The van der Waals surface area contributed by atoms with Crippen LogP contribution in [0.2, 0.25) is 0 Å². The lowest BCUT2D eigenvalue weighted by atomic mass is 9.95. The summed E-state index contributed by atoms with van der Waals surface area (Å²) in [6.45, 7) is 7.31. The quantitative estimate of drug-likeness (QED) is 0.707. The van der Waals surface area contributed by atoms with E-state index in [2.05, 4.69) is 25.8 Å². The summed E-state index contributed by atoms with van der Waals surface area (Å²) in [5.74, 6) is 1.17. The first-order chi connectivity index (χ1) is 7.00. The molecule has 0 unspecified atom stereocenters. The van der Waals surface area contributed by atoms with Gasteiger partial charge in [0.2, 0.25) is 5.91 Å². The molecule has 0 N–H and O–H groups in total. The molecule has 1 rings (SSSR count). The lowest BCUT2D eigenvalue weighted by molar-refractivity contribution is -0.136. The van der Waals surface area contributed by atoms with Crippen LogP contribution in [0.5, 0.6) is 0 Å². The van der Waals surface area contributed by atoms with Gasteiger partial charge in [0.1, 0.15) is 0 Å². The molecule has 0 aromatic rings. The van der Waals surface area contributed by atoms with Gasteiger partial charge in [-0.05, 0) is 38.9 Å². The van der Waals surface area contributed by atoms with Gasteiger partial charge in [-0.1, -0.05) is 13.8 Å². The predicted octanol–water partition coefficient (Wildman–Crippen LogP) is 1.44. The Morgan fingerprint density at radius 3 is 2.40 bits per heavy atom. The van der Waals surface area contributed by atoms with E-state index < -0.39 is 0 Å². The first kappa shape index (κ1) is 12.5. The fraction of sp³-hybridized carbons (Fsp3) is 0.917. The van der Waals surface area contributed by atoms with Crippen LogP contribution in [0.3, 0.4) is 0 Å². The molecule has 1 aliphatic heterocycles. The third kappa shape index (κ3) is 3.82. The molecule has 1 aliphatic rings. The van der Waals surface area contributed by atoms with E-state index in [4.69, 9.17) is 0 Å². The zero-order valence-electron chi connectivity index (χ0n) is 10.5. The first-order valence-electron chi connectivity index (χ1n) is 5.94. The van der Waals surface area contributed by atoms with E-state index in [1.54, 1.807) is 0 Å². The van der Waals surface area contributed by atoms with Gasteiger partial charge < -0.3 is 9.80 Å². The molecule has 0 bridgehead atoms. The maximum atomic E-state index is 12.0. The molecule has 0 radical (unpaired) electrons. The van der Waals surface area contributed by atoms with E-state index in [1.807, 2.05) is 11.9 Å². The second kappa shape index (κ2) is 5.50. The minimum absolute atomic E-state index is 0.268. The lowest BCUT2D eigenvalue weighted by Gasteiger charge is -2.31. The van der Waals surface area contributed by atoms with Gasteiger partial charge in [-0.3, -0.25) is 4.79 Å². The van der Waals surface area contributed by atoms with Gasteiger partial charge in [0.15, 0.2) is 0 Å². The molecule has 88 valence electrons. The van der Waals surface area contributed by atoms with Gasteiger partial charge in [0, 0.05) is 19.5 Å². The van der Waals surface area contributed by atoms with Crippen molar-refractivity contribution in [3.8, 4) is 0 Å². The van der Waals surface area contributed by atoms with E-state index in [1.165, 1.54) is 0 Å². The Balaban J connectivity index is 2.39. The van der Waals surface area contributed by atoms with E-state index in [-0.39, 0.29) is 5.92 Å². The van der Waals surface area contributed by atoms with E-state index in [9.17, 15) is 4.79 Å². The largest absolute Gasteiger partial charge is 0.345 e. The van der Waals surface area contributed by atoms with Crippen molar-refractivity contribution in [3.05, 3.63) is 0 Å². The first-order valence-corrected chi connectivity index (χ1v) is 5.94. The average Bonchev–Trinajstić information content (AvgIpc) is 2.17. The summed E-state index contributed by atoms with van der Waals surface area (Å²) in [6, 6.07) is 0. The van der Waals surface area contributed by atoms with Crippen LogP contribution in [0.25, 0.3) is 0 Å². The van der Waals surface area contributed by atoms with E-state index in [0.717, 1.165) is 32.5 Å². The number of rotatable bonds is 3. The molecule has 3 heteroatoms. The molecule has 0 aliphatic carbocycles. The van der Waals surface area contributed by atoms with Gasteiger partial charge in [-0.15, -0.1) is 0 Å². The highest BCUT2D eigenvalue weighted by molar-refractivity contribution is 5.78. The summed E-state index contributed by atoms with van der Waals surface area (Å²) in [5, 5.41) is 0. The Bertz CT molecular complexity index is 208. The van der Waals surface area contributed by atoms with Crippen molar-refractivity contribution < 1.29 is 4.79 Å². The van der Waals surface area contributed by atoms with E-state index >= 15 is 0 Å². The van der Waals surface area contributed by atoms with Gasteiger partial charge >= 0.3 is 0 Å². The Morgan fingerprint density at radius 1 is 1.40 bits per heavy atom. The molecule has 0 saturated carbocycles. The normalized spacial score (nSPS) is 19.5. The molecule has 0 spiro atoms. The monoisotopic (exact) mass is 212 g/mol. The molecule has 1 fully saturated rings. The minimum atomic E-state index is 0.268. The summed E-state index contributed by atoms with van der Waals surface area (Å²) in [5.41, 5.74) is 0. The Morgan fingerprint density at radius 2 is 1.93 bits per heavy atom. The molecule has 0 aromatic carbocycles. The molecular formula is C12H24N2O. The number of piperidine rings is 1. The van der Waals surface area contributed by atoms with Crippen molar-refractivity contribution >= 4 is 5.91 Å². The van der Waals surface area contributed by atoms with Gasteiger partial charge in [-0.25, -0.2) is 0 Å². The van der Waals surface area contributed by atoms with Crippen LogP contribution in [-0.2, 0) is 4.79 Å². The summed E-state index contributed by atoms with van der Waals surface area (Å²) in [7, 11) is 4.05. The van der Waals surface area contributed by atoms with Gasteiger partial charge in [0.25, 0.3) is 0 Å².